The highest BCUT2D eigenvalue weighted by Gasteiger charge is 2.05. The van der Waals surface area contributed by atoms with Gasteiger partial charge >= 0.3 is 0 Å². The van der Waals surface area contributed by atoms with Crippen LogP contribution in [-0.4, -0.2) is 25.3 Å². The molecule has 0 heterocycles. The molecular weight excluding hydrogens is 306 g/mol. The van der Waals surface area contributed by atoms with Gasteiger partial charge in [-0.3, -0.25) is 4.79 Å². The second-order valence-electron chi connectivity index (χ2n) is 4.69. The number of para-hydroxylation sites is 1. The number of carbonyl (C=O) groups excluding carboxylic acids is 1. The van der Waals surface area contributed by atoms with E-state index in [4.69, 9.17) is 14.7 Å². The predicted molar refractivity (Wildman–Crippen MR) is 90.0 cm³/mol. The largest absolute Gasteiger partial charge is 0.494 e. The van der Waals surface area contributed by atoms with Crippen LogP contribution in [0.1, 0.15) is 18.1 Å². The molecule has 0 aliphatic rings. The lowest BCUT2D eigenvalue weighted by Gasteiger charge is -2.06. The molecule has 2 aromatic rings. The summed E-state index contributed by atoms with van der Waals surface area (Å²) >= 11 is 0. The van der Waals surface area contributed by atoms with Gasteiger partial charge < -0.3 is 9.47 Å². The molecule has 1 N–H and O–H groups in total. The summed E-state index contributed by atoms with van der Waals surface area (Å²) < 4.78 is 10.7. The minimum atomic E-state index is -0.412. The van der Waals surface area contributed by atoms with E-state index in [0.717, 1.165) is 11.3 Å². The number of ether oxygens (including phenoxy) is 2. The fourth-order valence-corrected chi connectivity index (χ4v) is 1.86. The molecule has 0 saturated heterocycles. The standard InChI is InChI=1S/C18H17N3O3/c1-2-23-16-9-7-14(8-10-16)12-20-21-18(22)13-24-17-6-4-3-5-15(17)11-19/h3-10,12H,2,13H2,1H3,(H,21,22)/b20-12-. The van der Waals surface area contributed by atoms with E-state index in [9.17, 15) is 4.79 Å². The van der Waals surface area contributed by atoms with Gasteiger partial charge in [-0.25, -0.2) is 5.43 Å². The van der Waals surface area contributed by atoms with Crippen molar-refractivity contribution < 1.29 is 14.3 Å². The van der Waals surface area contributed by atoms with Crippen LogP contribution in [-0.2, 0) is 4.79 Å². The van der Waals surface area contributed by atoms with Gasteiger partial charge in [0, 0.05) is 0 Å². The number of rotatable bonds is 7. The van der Waals surface area contributed by atoms with E-state index in [-0.39, 0.29) is 6.61 Å². The van der Waals surface area contributed by atoms with E-state index in [2.05, 4.69) is 10.5 Å². The number of carbonyl (C=O) groups is 1. The topological polar surface area (TPSA) is 83.7 Å². The first-order valence-electron chi connectivity index (χ1n) is 7.39. The smallest absolute Gasteiger partial charge is 0.277 e. The number of nitrogens with zero attached hydrogens (tertiary/aromatic N) is 2. The molecule has 0 atom stereocenters. The first kappa shape index (κ1) is 17.0. The number of benzene rings is 2. The van der Waals surface area contributed by atoms with E-state index in [1.165, 1.54) is 6.21 Å². The third-order valence-corrected chi connectivity index (χ3v) is 2.96. The van der Waals surface area contributed by atoms with Crippen LogP contribution in [0.25, 0.3) is 0 Å². The van der Waals surface area contributed by atoms with Gasteiger partial charge in [0.1, 0.15) is 17.6 Å². The van der Waals surface area contributed by atoms with Crippen molar-refractivity contribution in [2.45, 2.75) is 6.92 Å². The highest BCUT2D eigenvalue weighted by molar-refractivity contribution is 5.83. The molecule has 0 unspecified atom stereocenters. The van der Waals surface area contributed by atoms with Crippen molar-refractivity contribution in [2.75, 3.05) is 13.2 Å². The van der Waals surface area contributed by atoms with Crippen molar-refractivity contribution in [1.29, 1.82) is 5.26 Å². The van der Waals surface area contributed by atoms with Crippen LogP contribution in [0.4, 0.5) is 0 Å². The molecule has 122 valence electrons. The molecule has 6 heteroatoms. The molecule has 0 bridgehead atoms. The summed E-state index contributed by atoms with van der Waals surface area (Å²) in [5.41, 5.74) is 3.58. The molecule has 0 fully saturated rings. The summed E-state index contributed by atoms with van der Waals surface area (Å²) in [4.78, 5) is 11.7. The maximum atomic E-state index is 11.7. The van der Waals surface area contributed by atoms with Crippen LogP contribution >= 0.6 is 0 Å². The minimum absolute atomic E-state index is 0.223. The number of nitrogens with one attached hydrogen (secondary N) is 1. The van der Waals surface area contributed by atoms with E-state index in [1.807, 2.05) is 37.3 Å². The predicted octanol–water partition coefficient (Wildman–Crippen LogP) is 2.49. The zero-order valence-electron chi connectivity index (χ0n) is 13.2. The third kappa shape index (κ3) is 5.14. The Morgan fingerprint density at radius 3 is 2.67 bits per heavy atom. The fourth-order valence-electron chi connectivity index (χ4n) is 1.86. The summed E-state index contributed by atoms with van der Waals surface area (Å²) in [5.74, 6) is 0.735. The molecule has 0 saturated carbocycles. The highest BCUT2D eigenvalue weighted by atomic mass is 16.5. The van der Waals surface area contributed by atoms with Gasteiger partial charge in [-0.2, -0.15) is 10.4 Å². The molecule has 24 heavy (non-hydrogen) atoms. The maximum Gasteiger partial charge on any atom is 0.277 e. The Morgan fingerprint density at radius 2 is 1.96 bits per heavy atom. The number of hydrazone groups is 1. The van der Waals surface area contributed by atoms with E-state index >= 15 is 0 Å². The number of nitriles is 1. The minimum Gasteiger partial charge on any atom is -0.494 e. The lowest BCUT2D eigenvalue weighted by Crippen LogP contribution is -2.24. The fraction of sp³-hybridized carbons (Fsp3) is 0.167. The molecule has 0 spiro atoms. The molecule has 0 aliphatic heterocycles. The molecule has 2 aromatic carbocycles. The van der Waals surface area contributed by atoms with Gasteiger partial charge in [0.2, 0.25) is 0 Å². The Kier molecular flexibility index (Phi) is 6.35. The van der Waals surface area contributed by atoms with E-state index < -0.39 is 5.91 Å². The molecule has 0 aliphatic carbocycles. The van der Waals surface area contributed by atoms with Crippen molar-refractivity contribution in [3.8, 4) is 17.6 Å². The van der Waals surface area contributed by atoms with Crippen molar-refractivity contribution in [2.24, 2.45) is 5.10 Å². The van der Waals surface area contributed by atoms with Crippen molar-refractivity contribution in [1.82, 2.24) is 5.43 Å². The summed E-state index contributed by atoms with van der Waals surface area (Å²) in [5, 5.41) is 12.8. The summed E-state index contributed by atoms with van der Waals surface area (Å²) in [7, 11) is 0. The summed E-state index contributed by atoms with van der Waals surface area (Å²) in [6.45, 7) is 2.31. The molecule has 6 nitrogen and oxygen atoms in total. The first-order chi connectivity index (χ1) is 11.7. The average molecular weight is 323 g/mol. The Balaban J connectivity index is 1.81. The Bertz CT molecular complexity index is 749. The van der Waals surface area contributed by atoms with Gasteiger partial charge in [-0.15, -0.1) is 0 Å². The van der Waals surface area contributed by atoms with Gasteiger partial charge in [0.15, 0.2) is 6.61 Å². The number of hydrogen-bond donors (Lipinski definition) is 1. The zero-order chi connectivity index (χ0) is 17.2. The van der Waals surface area contributed by atoms with Crippen LogP contribution in [0.15, 0.2) is 53.6 Å². The summed E-state index contributed by atoms with van der Waals surface area (Å²) in [6, 6.07) is 16.0. The third-order valence-electron chi connectivity index (χ3n) is 2.96. The van der Waals surface area contributed by atoms with Crippen molar-refractivity contribution >= 4 is 12.1 Å². The second-order valence-corrected chi connectivity index (χ2v) is 4.69. The molecule has 0 radical (unpaired) electrons. The average Bonchev–Trinajstić information content (AvgIpc) is 2.62. The quantitative estimate of drug-likeness (QED) is 0.627. The highest BCUT2D eigenvalue weighted by Crippen LogP contribution is 2.16. The lowest BCUT2D eigenvalue weighted by molar-refractivity contribution is -0.123. The van der Waals surface area contributed by atoms with Gasteiger partial charge in [-0.05, 0) is 48.9 Å². The Labute approximate surface area is 140 Å². The van der Waals surface area contributed by atoms with Crippen LogP contribution in [0, 0.1) is 11.3 Å². The van der Waals surface area contributed by atoms with E-state index in [0.29, 0.717) is 17.9 Å². The molecule has 2 rings (SSSR count). The van der Waals surface area contributed by atoms with Crippen molar-refractivity contribution in [3.05, 3.63) is 59.7 Å². The Morgan fingerprint density at radius 1 is 1.21 bits per heavy atom. The van der Waals surface area contributed by atoms with Gasteiger partial charge in [0.25, 0.3) is 5.91 Å². The Hall–Kier alpha value is -3.33. The number of hydrogen-bond acceptors (Lipinski definition) is 5. The van der Waals surface area contributed by atoms with Crippen LogP contribution in [0.2, 0.25) is 0 Å². The normalized spacial score (nSPS) is 10.2. The van der Waals surface area contributed by atoms with Gasteiger partial charge in [-0.1, -0.05) is 12.1 Å². The maximum absolute atomic E-state index is 11.7. The molecule has 1 amide bonds. The SMILES string of the molecule is CCOc1ccc(/C=N\NC(=O)COc2ccccc2C#N)cc1. The zero-order valence-corrected chi connectivity index (χ0v) is 13.2. The van der Waals surface area contributed by atoms with Crippen molar-refractivity contribution in [3.63, 3.8) is 0 Å². The van der Waals surface area contributed by atoms with Crippen LogP contribution < -0.4 is 14.9 Å². The molecule has 0 aromatic heterocycles. The monoisotopic (exact) mass is 323 g/mol. The second kappa shape index (κ2) is 8.96. The number of amides is 1. The lowest BCUT2D eigenvalue weighted by atomic mass is 10.2. The van der Waals surface area contributed by atoms with Crippen LogP contribution in [0.3, 0.4) is 0 Å². The van der Waals surface area contributed by atoms with Gasteiger partial charge in [0.05, 0.1) is 18.4 Å². The summed E-state index contributed by atoms with van der Waals surface area (Å²) in [6.07, 6.45) is 1.52. The van der Waals surface area contributed by atoms with E-state index in [1.54, 1.807) is 24.3 Å². The first-order valence-corrected chi connectivity index (χ1v) is 7.39. The molecular formula is C18H17N3O3. The van der Waals surface area contributed by atoms with Crippen LogP contribution in [0.5, 0.6) is 11.5 Å².